The number of nitrogens with zero attached hydrogens (tertiary/aromatic N) is 2. The second-order valence-electron chi connectivity index (χ2n) is 6.57. The highest BCUT2D eigenvalue weighted by Crippen LogP contribution is 2.45. The average molecular weight is 293 g/mol. The molecule has 1 aliphatic carbocycles. The van der Waals surface area contributed by atoms with Crippen LogP contribution in [0.5, 0.6) is 0 Å². The van der Waals surface area contributed by atoms with Crippen molar-refractivity contribution in [2.45, 2.75) is 31.1 Å². The minimum Gasteiger partial charge on any atom is -0.325 e. The number of carbonyl (C=O) groups is 1. The first kappa shape index (κ1) is 13.5. The van der Waals surface area contributed by atoms with Crippen LogP contribution in [0.2, 0.25) is 0 Å². The molecule has 0 aromatic heterocycles. The fourth-order valence-electron chi connectivity index (χ4n) is 3.72. The highest BCUT2D eigenvalue weighted by molar-refractivity contribution is 6.06. The Kier molecular flexibility index (Phi) is 3.05. The molecule has 3 aliphatic rings. The number of hydrogen-bond donors (Lipinski definition) is 1. The molecule has 0 unspecified atom stereocenters. The Hall–Kier alpha value is -2.12. The van der Waals surface area contributed by atoms with Gasteiger partial charge in [0.05, 0.1) is 17.0 Å². The van der Waals surface area contributed by atoms with Gasteiger partial charge in [-0.05, 0) is 62.5 Å². The van der Waals surface area contributed by atoms with Crippen molar-refractivity contribution >= 4 is 11.6 Å². The Labute approximate surface area is 130 Å². The number of hydrogen-bond acceptors (Lipinski definition) is 3. The summed E-state index contributed by atoms with van der Waals surface area (Å²) in [6, 6.07) is 7.73. The fourth-order valence-corrected chi connectivity index (χ4v) is 3.72. The van der Waals surface area contributed by atoms with E-state index < -0.39 is 5.41 Å². The minimum absolute atomic E-state index is 0.113. The predicted molar refractivity (Wildman–Crippen MR) is 84.5 cm³/mol. The van der Waals surface area contributed by atoms with Crippen LogP contribution in [0, 0.1) is 11.3 Å². The van der Waals surface area contributed by atoms with Gasteiger partial charge in [-0.3, -0.25) is 4.79 Å². The number of likely N-dealkylation sites (tertiary alicyclic amines) is 1. The second-order valence-corrected chi connectivity index (χ2v) is 6.57. The smallest absolute Gasteiger partial charge is 0.235 e. The first-order valence-corrected chi connectivity index (χ1v) is 7.98. The highest BCUT2D eigenvalue weighted by atomic mass is 16.2. The third-order valence-corrected chi connectivity index (χ3v) is 5.30. The van der Waals surface area contributed by atoms with Crippen LogP contribution in [-0.2, 0) is 10.2 Å². The Morgan fingerprint density at radius 3 is 2.77 bits per heavy atom. The summed E-state index contributed by atoms with van der Waals surface area (Å²) in [6.07, 6.45) is 6.36. The Morgan fingerprint density at radius 2 is 2.09 bits per heavy atom. The number of anilines is 1. The molecule has 1 aromatic rings. The molecule has 22 heavy (non-hydrogen) atoms. The van der Waals surface area contributed by atoms with E-state index in [1.807, 2.05) is 12.1 Å². The molecule has 0 radical (unpaired) electrons. The van der Waals surface area contributed by atoms with Crippen LogP contribution < -0.4 is 5.32 Å². The normalized spacial score (nSPS) is 22.0. The van der Waals surface area contributed by atoms with E-state index in [0.29, 0.717) is 5.56 Å². The SMILES string of the molecule is N#Cc1ccc2c(c1)C1(CCN(CCC3=CC3)CC1)C(=O)N2. The van der Waals surface area contributed by atoms with Crippen molar-refractivity contribution in [2.75, 3.05) is 25.0 Å². The van der Waals surface area contributed by atoms with Crippen LogP contribution in [0.4, 0.5) is 5.69 Å². The van der Waals surface area contributed by atoms with Crippen LogP contribution in [0.3, 0.4) is 0 Å². The number of piperidine rings is 1. The van der Waals surface area contributed by atoms with E-state index in [2.05, 4.69) is 22.4 Å². The maximum atomic E-state index is 12.6. The van der Waals surface area contributed by atoms with E-state index >= 15 is 0 Å². The first-order chi connectivity index (χ1) is 10.7. The van der Waals surface area contributed by atoms with E-state index in [4.69, 9.17) is 5.26 Å². The standard InChI is InChI=1S/C18H19N3O/c19-12-14-3-4-16-15(11-14)18(17(22)20-16)6-9-21(10-7-18)8-5-13-1-2-13/h1,3-4,11H,2,5-10H2,(H,20,22). The molecule has 2 heterocycles. The van der Waals surface area contributed by atoms with E-state index in [-0.39, 0.29) is 5.91 Å². The van der Waals surface area contributed by atoms with Crippen LogP contribution in [0.25, 0.3) is 0 Å². The van der Waals surface area contributed by atoms with Gasteiger partial charge in [0.1, 0.15) is 0 Å². The summed E-state index contributed by atoms with van der Waals surface area (Å²) in [5, 5.41) is 12.1. The monoisotopic (exact) mass is 293 g/mol. The van der Waals surface area contributed by atoms with Crippen LogP contribution >= 0.6 is 0 Å². The number of amides is 1. The molecule has 0 saturated carbocycles. The van der Waals surface area contributed by atoms with Gasteiger partial charge in [-0.2, -0.15) is 5.26 Å². The van der Waals surface area contributed by atoms with Crippen LogP contribution in [0.1, 0.15) is 36.8 Å². The number of benzene rings is 1. The van der Waals surface area contributed by atoms with Gasteiger partial charge in [0.2, 0.25) is 5.91 Å². The number of allylic oxidation sites excluding steroid dienone is 1. The molecule has 1 fully saturated rings. The maximum absolute atomic E-state index is 12.6. The lowest BCUT2D eigenvalue weighted by atomic mass is 9.73. The molecule has 4 rings (SSSR count). The Morgan fingerprint density at radius 1 is 1.32 bits per heavy atom. The molecule has 1 saturated heterocycles. The maximum Gasteiger partial charge on any atom is 0.235 e. The van der Waals surface area contributed by atoms with Gasteiger partial charge < -0.3 is 10.2 Å². The summed E-state index contributed by atoms with van der Waals surface area (Å²) < 4.78 is 0. The molecule has 0 atom stereocenters. The number of nitrogens with one attached hydrogen (secondary N) is 1. The first-order valence-electron chi connectivity index (χ1n) is 7.98. The summed E-state index contributed by atoms with van der Waals surface area (Å²) in [5.74, 6) is 0.113. The topological polar surface area (TPSA) is 56.1 Å². The van der Waals surface area contributed by atoms with Gasteiger partial charge in [0, 0.05) is 12.2 Å². The lowest BCUT2D eigenvalue weighted by molar-refractivity contribution is -0.122. The van der Waals surface area contributed by atoms with Gasteiger partial charge in [-0.1, -0.05) is 11.6 Å². The summed E-state index contributed by atoms with van der Waals surface area (Å²) in [7, 11) is 0. The van der Waals surface area contributed by atoms with E-state index in [1.54, 1.807) is 11.6 Å². The molecule has 2 aliphatic heterocycles. The molecule has 4 heteroatoms. The van der Waals surface area contributed by atoms with Gasteiger partial charge in [-0.25, -0.2) is 0 Å². The number of rotatable bonds is 3. The number of nitriles is 1. The van der Waals surface area contributed by atoms with Crippen LogP contribution in [-0.4, -0.2) is 30.4 Å². The lowest BCUT2D eigenvalue weighted by Gasteiger charge is -2.38. The van der Waals surface area contributed by atoms with Gasteiger partial charge in [-0.15, -0.1) is 0 Å². The Bertz CT molecular complexity index is 706. The zero-order valence-electron chi connectivity index (χ0n) is 12.6. The number of carbonyl (C=O) groups excluding carboxylic acids is 1. The molecule has 1 aromatic carbocycles. The zero-order chi connectivity index (χ0) is 15.2. The van der Waals surface area contributed by atoms with E-state index in [0.717, 1.165) is 43.7 Å². The average Bonchev–Trinajstić information content (AvgIpc) is 3.34. The summed E-state index contributed by atoms with van der Waals surface area (Å²) >= 11 is 0. The molecule has 1 N–H and O–H groups in total. The molecule has 4 nitrogen and oxygen atoms in total. The van der Waals surface area contributed by atoms with E-state index in [9.17, 15) is 4.79 Å². The summed E-state index contributed by atoms with van der Waals surface area (Å²) in [4.78, 5) is 15.0. The minimum atomic E-state index is -0.419. The van der Waals surface area contributed by atoms with Gasteiger partial charge in [0.25, 0.3) is 0 Å². The van der Waals surface area contributed by atoms with Crippen molar-refractivity contribution in [2.24, 2.45) is 0 Å². The zero-order valence-corrected chi connectivity index (χ0v) is 12.6. The van der Waals surface area contributed by atoms with Crippen molar-refractivity contribution in [3.8, 4) is 6.07 Å². The van der Waals surface area contributed by atoms with Crippen molar-refractivity contribution in [1.29, 1.82) is 5.26 Å². The largest absolute Gasteiger partial charge is 0.325 e. The van der Waals surface area contributed by atoms with Gasteiger partial charge >= 0.3 is 0 Å². The molecule has 112 valence electrons. The fraction of sp³-hybridized carbons (Fsp3) is 0.444. The third kappa shape index (κ3) is 2.13. The summed E-state index contributed by atoms with van der Waals surface area (Å²) in [5.41, 5.74) is 3.71. The van der Waals surface area contributed by atoms with Crippen molar-refractivity contribution < 1.29 is 4.79 Å². The van der Waals surface area contributed by atoms with E-state index in [1.165, 1.54) is 12.8 Å². The lowest BCUT2D eigenvalue weighted by Crippen LogP contribution is -2.46. The van der Waals surface area contributed by atoms with Crippen molar-refractivity contribution in [1.82, 2.24) is 4.90 Å². The van der Waals surface area contributed by atoms with Crippen molar-refractivity contribution in [3.05, 3.63) is 41.0 Å². The molecule has 1 spiro atoms. The van der Waals surface area contributed by atoms with Crippen LogP contribution in [0.15, 0.2) is 29.8 Å². The quantitative estimate of drug-likeness (QED) is 0.871. The number of fused-ring (bicyclic) bond motifs is 2. The predicted octanol–water partition coefficient (Wildman–Crippen LogP) is 2.56. The molecule has 1 amide bonds. The van der Waals surface area contributed by atoms with Gasteiger partial charge in [0.15, 0.2) is 0 Å². The third-order valence-electron chi connectivity index (χ3n) is 5.30. The molecule has 0 bridgehead atoms. The molecular formula is C18H19N3O. The summed E-state index contributed by atoms with van der Waals surface area (Å²) in [6.45, 7) is 3.02. The highest BCUT2D eigenvalue weighted by Gasteiger charge is 2.48. The van der Waals surface area contributed by atoms with Crippen molar-refractivity contribution in [3.63, 3.8) is 0 Å². The Balaban J connectivity index is 1.54. The molecular weight excluding hydrogens is 274 g/mol. The second kappa shape index (κ2) is 4.96.